The van der Waals surface area contributed by atoms with Crippen LogP contribution in [-0.2, 0) is 20.1 Å². The van der Waals surface area contributed by atoms with Crippen LogP contribution in [0, 0.1) is 6.92 Å². The molecule has 0 spiro atoms. The monoisotopic (exact) mass is 447 g/mol. The molecule has 5 rings (SSSR count). The molecule has 0 bridgehead atoms. The molecule has 3 aromatic heterocycles. The Hall–Kier alpha value is -3.46. The van der Waals surface area contributed by atoms with Crippen molar-refractivity contribution in [2.24, 2.45) is 12.8 Å². The summed E-state index contributed by atoms with van der Waals surface area (Å²) in [5, 5.41) is 2.02. The summed E-state index contributed by atoms with van der Waals surface area (Å²) in [7, 11) is 1.61. The van der Waals surface area contributed by atoms with E-state index in [9.17, 15) is 9.59 Å². The van der Waals surface area contributed by atoms with Gasteiger partial charge >= 0.3 is 0 Å². The fourth-order valence-electron chi connectivity index (χ4n) is 4.92. The van der Waals surface area contributed by atoms with E-state index in [4.69, 9.17) is 10.7 Å². The van der Waals surface area contributed by atoms with E-state index >= 15 is 0 Å². The van der Waals surface area contributed by atoms with Crippen molar-refractivity contribution in [3.63, 3.8) is 0 Å². The predicted octanol–water partition coefficient (Wildman–Crippen LogP) is 1.75. The van der Waals surface area contributed by atoms with Crippen molar-refractivity contribution in [1.82, 2.24) is 23.9 Å². The van der Waals surface area contributed by atoms with E-state index in [1.165, 1.54) is 9.36 Å². The van der Waals surface area contributed by atoms with Crippen molar-refractivity contribution >= 4 is 27.8 Å². The van der Waals surface area contributed by atoms with Gasteiger partial charge in [-0.05, 0) is 38.1 Å². The molecule has 1 aromatic carbocycles. The second kappa shape index (κ2) is 8.15. The van der Waals surface area contributed by atoms with E-state index in [0.29, 0.717) is 24.6 Å². The lowest BCUT2D eigenvalue weighted by Gasteiger charge is -2.31. The number of hydrogen-bond donors (Lipinski definition) is 1. The lowest BCUT2D eigenvalue weighted by molar-refractivity contribution is 0.493. The second-order valence-corrected chi connectivity index (χ2v) is 8.82. The molecule has 0 saturated carbocycles. The van der Waals surface area contributed by atoms with Crippen LogP contribution in [-0.4, -0.2) is 43.0 Å². The molecule has 1 aliphatic rings. The summed E-state index contributed by atoms with van der Waals surface area (Å²) in [5.41, 5.74) is 7.81. The maximum atomic E-state index is 13.7. The van der Waals surface area contributed by atoms with Gasteiger partial charge in [-0.3, -0.25) is 14.6 Å². The molecule has 4 aromatic rings. The van der Waals surface area contributed by atoms with Gasteiger partial charge in [0, 0.05) is 43.8 Å². The molecule has 9 nitrogen and oxygen atoms in total. The van der Waals surface area contributed by atoms with Crippen molar-refractivity contribution in [2.75, 3.05) is 18.0 Å². The number of pyridine rings is 1. The average Bonchev–Trinajstić information content (AvgIpc) is 3.20. The summed E-state index contributed by atoms with van der Waals surface area (Å²) in [4.78, 5) is 38.5. The van der Waals surface area contributed by atoms with Crippen molar-refractivity contribution in [1.29, 1.82) is 0 Å². The van der Waals surface area contributed by atoms with Gasteiger partial charge < -0.3 is 15.2 Å². The molecule has 1 fully saturated rings. The number of anilines is 1. The molecular formula is C24H29N7O2. The van der Waals surface area contributed by atoms with Crippen molar-refractivity contribution in [3.05, 3.63) is 62.4 Å². The van der Waals surface area contributed by atoms with Crippen LogP contribution in [0.15, 0.2) is 39.9 Å². The number of nitrogens with zero attached hydrogens (tertiary/aromatic N) is 6. The molecule has 2 N–H and O–H groups in total. The number of imidazole rings is 1. The molecule has 0 radical (unpaired) electrons. The lowest BCUT2D eigenvalue weighted by atomic mass is 10.1. The van der Waals surface area contributed by atoms with Crippen LogP contribution in [0.3, 0.4) is 0 Å². The second-order valence-electron chi connectivity index (χ2n) is 8.82. The van der Waals surface area contributed by atoms with Crippen LogP contribution in [0.1, 0.15) is 31.2 Å². The van der Waals surface area contributed by atoms with Crippen LogP contribution in [0.4, 0.5) is 5.95 Å². The Morgan fingerprint density at radius 2 is 1.94 bits per heavy atom. The fourth-order valence-corrected chi connectivity index (χ4v) is 4.92. The number of nitrogens with two attached hydrogens (primary N) is 1. The molecule has 1 atom stereocenters. The van der Waals surface area contributed by atoms with Gasteiger partial charge in [-0.1, -0.05) is 24.3 Å². The Kier molecular flexibility index (Phi) is 5.28. The molecule has 1 saturated heterocycles. The molecule has 4 heterocycles. The Morgan fingerprint density at radius 3 is 2.70 bits per heavy atom. The largest absolute Gasteiger partial charge is 0.341 e. The highest BCUT2D eigenvalue weighted by molar-refractivity contribution is 5.85. The van der Waals surface area contributed by atoms with Crippen LogP contribution >= 0.6 is 0 Å². The highest BCUT2D eigenvalue weighted by Crippen LogP contribution is 2.23. The minimum atomic E-state index is -0.295. The van der Waals surface area contributed by atoms with E-state index in [2.05, 4.69) is 9.88 Å². The predicted molar refractivity (Wildman–Crippen MR) is 130 cm³/mol. The summed E-state index contributed by atoms with van der Waals surface area (Å²) < 4.78 is 4.69. The lowest BCUT2D eigenvalue weighted by Crippen LogP contribution is -2.44. The van der Waals surface area contributed by atoms with Crippen LogP contribution in [0.5, 0.6) is 0 Å². The Balaban J connectivity index is 1.70. The number of piperidine rings is 1. The van der Waals surface area contributed by atoms with Crippen LogP contribution in [0.25, 0.3) is 21.8 Å². The molecular weight excluding hydrogens is 418 g/mol. The molecule has 0 amide bonds. The molecule has 33 heavy (non-hydrogen) atoms. The third-order valence-corrected chi connectivity index (χ3v) is 6.55. The zero-order chi connectivity index (χ0) is 23.3. The van der Waals surface area contributed by atoms with E-state index in [1.54, 1.807) is 7.05 Å². The Labute approximate surface area is 191 Å². The van der Waals surface area contributed by atoms with E-state index in [0.717, 1.165) is 41.5 Å². The van der Waals surface area contributed by atoms with Gasteiger partial charge in [-0.15, -0.1) is 0 Å². The number of aromatic nitrogens is 5. The topological polar surface area (TPSA) is 104 Å². The highest BCUT2D eigenvalue weighted by atomic mass is 16.2. The first kappa shape index (κ1) is 21.4. The van der Waals surface area contributed by atoms with E-state index in [1.807, 2.05) is 48.7 Å². The molecule has 9 heteroatoms. The maximum absolute atomic E-state index is 13.7. The quantitative estimate of drug-likeness (QED) is 0.511. The fraction of sp³-hybridized carbons (Fsp3) is 0.417. The maximum Gasteiger partial charge on any atom is 0.293 e. The molecule has 0 unspecified atom stereocenters. The summed E-state index contributed by atoms with van der Waals surface area (Å²) in [6, 6.07) is 10.0. The summed E-state index contributed by atoms with van der Waals surface area (Å²) in [5.74, 6) is 0.647. The first-order chi connectivity index (χ1) is 15.9. The molecule has 0 aliphatic carbocycles. The smallest absolute Gasteiger partial charge is 0.293 e. The van der Waals surface area contributed by atoms with Gasteiger partial charge in [0.25, 0.3) is 11.1 Å². The molecule has 1 aliphatic heterocycles. The van der Waals surface area contributed by atoms with E-state index in [-0.39, 0.29) is 29.2 Å². The third kappa shape index (κ3) is 3.52. The van der Waals surface area contributed by atoms with Gasteiger partial charge in [-0.2, -0.15) is 0 Å². The minimum Gasteiger partial charge on any atom is -0.341 e. The van der Waals surface area contributed by atoms with Gasteiger partial charge in [0.1, 0.15) is 5.52 Å². The number of benzene rings is 1. The van der Waals surface area contributed by atoms with Gasteiger partial charge in [-0.25, -0.2) is 14.3 Å². The average molecular weight is 448 g/mol. The SMILES string of the molecule is CCn1c(N2CCC[C@@H](N)C2)nc2c(=O)n(C)n(Cc3nc(C)cc4ccccc34)c(=O)c21. The standard InChI is InChI=1S/C24H29N7O2/c1-4-30-21-20(27-24(30)29-11-7-9-17(25)13-29)22(32)28(3)31(23(21)33)14-19-18-10-6-5-8-16(18)12-15(2)26-19/h5-6,8,10,12,17H,4,7,9,11,13-14,25H2,1-3H3/t17-/m1/s1. The van der Waals surface area contributed by atoms with Crippen molar-refractivity contribution in [3.8, 4) is 0 Å². The van der Waals surface area contributed by atoms with Gasteiger partial charge in [0.15, 0.2) is 5.52 Å². The number of hydrogen-bond acceptors (Lipinski definition) is 6. The normalized spacial score (nSPS) is 16.7. The number of fused-ring (bicyclic) bond motifs is 2. The summed E-state index contributed by atoms with van der Waals surface area (Å²) in [6.07, 6.45) is 1.93. The van der Waals surface area contributed by atoms with Gasteiger partial charge in [0.05, 0.1) is 12.2 Å². The first-order valence-electron chi connectivity index (χ1n) is 11.4. The third-order valence-electron chi connectivity index (χ3n) is 6.55. The van der Waals surface area contributed by atoms with E-state index < -0.39 is 0 Å². The highest BCUT2D eigenvalue weighted by Gasteiger charge is 2.26. The number of rotatable bonds is 4. The minimum absolute atomic E-state index is 0.0593. The Morgan fingerprint density at radius 1 is 1.15 bits per heavy atom. The van der Waals surface area contributed by atoms with Gasteiger partial charge in [0.2, 0.25) is 5.95 Å². The van der Waals surface area contributed by atoms with Crippen LogP contribution in [0.2, 0.25) is 0 Å². The number of aryl methyl sites for hydroxylation is 2. The van der Waals surface area contributed by atoms with Crippen LogP contribution < -0.4 is 21.8 Å². The first-order valence-corrected chi connectivity index (χ1v) is 11.4. The zero-order valence-corrected chi connectivity index (χ0v) is 19.3. The summed E-state index contributed by atoms with van der Waals surface area (Å²) in [6.45, 7) is 6.10. The van der Waals surface area contributed by atoms with Crippen molar-refractivity contribution < 1.29 is 0 Å². The zero-order valence-electron chi connectivity index (χ0n) is 19.3. The molecule has 172 valence electrons. The van der Waals surface area contributed by atoms with Crippen molar-refractivity contribution in [2.45, 2.75) is 45.8 Å². The summed E-state index contributed by atoms with van der Waals surface area (Å²) >= 11 is 0. The Bertz CT molecular complexity index is 1480.